The van der Waals surface area contributed by atoms with Gasteiger partial charge >= 0.3 is 0 Å². The predicted molar refractivity (Wildman–Crippen MR) is 72.8 cm³/mol. The van der Waals surface area contributed by atoms with Gasteiger partial charge in [-0.25, -0.2) is 4.98 Å². The molecule has 0 unspecified atom stereocenters. The van der Waals surface area contributed by atoms with Crippen LogP contribution in [0.2, 0.25) is 0 Å². The van der Waals surface area contributed by atoms with Crippen LogP contribution in [0.15, 0.2) is 24.5 Å². The summed E-state index contributed by atoms with van der Waals surface area (Å²) in [4.78, 5) is 3.95. The maximum atomic E-state index is 8.82. The Morgan fingerprint density at radius 3 is 2.84 bits per heavy atom. The maximum absolute atomic E-state index is 8.82. The molecule has 0 fully saturated rings. The van der Waals surface area contributed by atoms with Gasteiger partial charge in [-0.3, -0.25) is 0 Å². The molecule has 19 heavy (non-hydrogen) atoms. The van der Waals surface area contributed by atoms with Crippen LogP contribution in [-0.2, 0) is 6.54 Å². The molecule has 0 bridgehead atoms. The minimum atomic E-state index is 0.266. The lowest BCUT2D eigenvalue weighted by Crippen LogP contribution is -2.04. The van der Waals surface area contributed by atoms with E-state index < -0.39 is 0 Å². The molecule has 0 saturated carbocycles. The Morgan fingerprint density at radius 2 is 2.26 bits per heavy atom. The van der Waals surface area contributed by atoms with E-state index in [0.717, 1.165) is 16.9 Å². The van der Waals surface area contributed by atoms with Crippen molar-refractivity contribution in [3.63, 3.8) is 0 Å². The average Bonchev–Trinajstić information content (AvgIpc) is 2.74. The second kappa shape index (κ2) is 5.44. The highest BCUT2D eigenvalue weighted by atomic mass is 16.5. The largest absolute Gasteiger partial charge is 0.494 e. The lowest BCUT2D eigenvalue weighted by molar-refractivity contribution is 0.338. The number of nitriles is 1. The molecule has 0 atom stereocenters. The zero-order valence-electron chi connectivity index (χ0n) is 11.1. The van der Waals surface area contributed by atoms with E-state index in [-0.39, 0.29) is 5.69 Å². The molecule has 5 nitrogen and oxygen atoms in total. The minimum Gasteiger partial charge on any atom is -0.494 e. The number of nitrogens with zero attached hydrogens (tertiary/aromatic N) is 3. The molecule has 2 aromatic rings. The fraction of sp³-hybridized carbons (Fsp3) is 0.286. The molecule has 2 rings (SSSR count). The number of nitrogen functional groups attached to an aromatic ring is 1. The minimum absolute atomic E-state index is 0.266. The molecule has 1 aromatic carbocycles. The topological polar surface area (TPSA) is 76.9 Å². The van der Waals surface area contributed by atoms with Crippen LogP contribution in [0, 0.1) is 18.3 Å². The molecule has 1 aromatic heterocycles. The summed E-state index contributed by atoms with van der Waals surface area (Å²) < 4.78 is 7.26. The van der Waals surface area contributed by atoms with Crippen molar-refractivity contribution in [2.75, 3.05) is 12.3 Å². The van der Waals surface area contributed by atoms with Gasteiger partial charge in [0.15, 0.2) is 5.69 Å². The van der Waals surface area contributed by atoms with E-state index in [1.54, 1.807) is 10.9 Å². The molecule has 0 radical (unpaired) electrons. The van der Waals surface area contributed by atoms with Crippen molar-refractivity contribution in [2.24, 2.45) is 0 Å². The second-order valence-electron chi connectivity index (χ2n) is 4.25. The monoisotopic (exact) mass is 256 g/mol. The molecule has 0 aliphatic carbocycles. The van der Waals surface area contributed by atoms with Gasteiger partial charge in [0, 0.05) is 0 Å². The van der Waals surface area contributed by atoms with Crippen LogP contribution in [0.3, 0.4) is 0 Å². The van der Waals surface area contributed by atoms with Crippen LogP contribution in [0.1, 0.15) is 23.7 Å². The van der Waals surface area contributed by atoms with Crippen molar-refractivity contribution >= 4 is 5.82 Å². The Morgan fingerprint density at radius 1 is 1.47 bits per heavy atom. The summed E-state index contributed by atoms with van der Waals surface area (Å²) in [5, 5.41) is 8.82. The van der Waals surface area contributed by atoms with Crippen molar-refractivity contribution in [3.8, 4) is 11.8 Å². The highest BCUT2D eigenvalue weighted by Gasteiger charge is 2.08. The van der Waals surface area contributed by atoms with Crippen LogP contribution in [0.5, 0.6) is 5.75 Å². The molecule has 0 spiro atoms. The molecule has 1 heterocycles. The fourth-order valence-electron chi connectivity index (χ4n) is 1.93. The van der Waals surface area contributed by atoms with Gasteiger partial charge in [-0.05, 0) is 31.0 Å². The number of imidazole rings is 1. The summed E-state index contributed by atoms with van der Waals surface area (Å²) in [6.45, 7) is 5.21. The van der Waals surface area contributed by atoms with Gasteiger partial charge in [0.05, 0.1) is 19.5 Å². The first-order valence-corrected chi connectivity index (χ1v) is 6.08. The van der Waals surface area contributed by atoms with Gasteiger partial charge < -0.3 is 15.0 Å². The zero-order chi connectivity index (χ0) is 13.8. The molecule has 2 N–H and O–H groups in total. The fourth-order valence-corrected chi connectivity index (χ4v) is 1.93. The molecular weight excluding hydrogens is 240 g/mol. The normalized spacial score (nSPS) is 10.2. The van der Waals surface area contributed by atoms with E-state index in [9.17, 15) is 0 Å². The van der Waals surface area contributed by atoms with E-state index in [2.05, 4.69) is 11.1 Å². The Bertz CT molecular complexity index is 625. The van der Waals surface area contributed by atoms with Crippen LogP contribution in [0.25, 0.3) is 0 Å². The highest BCUT2D eigenvalue weighted by Crippen LogP contribution is 2.20. The first-order valence-electron chi connectivity index (χ1n) is 6.08. The summed E-state index contributed by atoms with van der Waals surface area (Å²) in [5.74, 6) is 1.29. The second-order valence-corrected chi connectivity index (χ2v) is 4.25. The van der Waals surface area contributed by atoms with Crippen LogP contribution in [0.4, 0.5) is 5.82 Å². The number of aryl methyl sites for hydroxylation is 1. The molecule has 0 aliphatic rings. The first kappa shape index (κ1) is 13.0. The molecule has 0 amide bonds. The number of anilines is 1. The van der Waals surface area contributed by atoms with E-state index in [1.807, 2.05) is 32.0 Å². The van der Waals surface area contributed by atoms with Gasteiger partial charge in [0.25, 0.3) is 0 Å². The number of ether oxygens (including phenoxy) is 1. The number of nitrogens with two attached hydrogens (primary N) is 1. The molecule has 5 heteroatoms. The van der Waals surface area contributed by atoms with E-state index in [0.29, 0.717) is 19.0 Å². The van der Waals surface area contributed by atoms with Crippen molar-refractivity contribution in [2.45, 2.75) is 20.4 Å². The first-order chi connectivity index (χ1) is 9.15. The van der Waals surface area contributed by atoms with Crippen molar-refractivity contribution < 1.29 is 4.74 Å². The number of rotatable bonds is 4. The summed E-state index contributed by atoms with van der Waals surface area (Å²) in [7, 11) is 0. The predicted octanol–water partition coefficient (Wildman–Crippen LogP) is 2.09. The number of hydrogen-bond donors (Lipinski definition) is 1. The lowest BCUT2D eigenvalue weighted by atomic mass is 10.1. The van der Waals surface area contributed by atoms with Crippen molar-refractivity contribution in [1.82, 2.24) is 9.55 Å². The quantitative estimate of drug-likeness (QED) is 0.908. The summed E-state index contributed by atoms with van der Waals surface area (Å²) in [6.07, 6.45) is 1.58. The number of hydrogen-bond acceptors (Lipinski definition) is 4. The molecule has 98 valence electrons. The number of benzene rings is 1. The van der Waals surface area contributed by atoms with Crippen molar-refractivity contribution in [1.29, 1.82) is 5.26 Å². The van der Waals surface area contributed by atoms with E-state index in [4.69, 9.17) is 15.7 Å². The molecule has 0 aliphatic heterocycles. The Balaban J connectivity index is 2.22. The third-order valence-corrected chi connectivity index (χ3v) is 2.88. The Labute approximate surface area is 112 Å². The van der Waals surface area contributed by atoms with E-state index >= 15 is 0 Å². The SMILES string of the molecule is CCOc1ccc(Cn2cnc(C#N)c2N)cc1C. The number of aromatic nitrogens is 2. The van der Waals surface area contributed by atoms with Crippen LogP contribution >= 0.6 is 0 Å². The van der Waals surface area contributed by atoms with Gasteiger partial charge in [-0.1, -0.05) is 12.1 Å². The van der Waals surface area contributed by atoms with Gasteiger partial charge in [0.2, 0.25) is 0 Å². The van der Waals surface area contributed by atoms with Gasteiger partial charge in [0.1, 0.15) is 17.6 Å². The molecular formula is C14H16N4O. The third kappa shape index (κ3) is 2.68. The summed E-state index contributed by atoms with van der Waals surface area (Å²) in [5.41, 5.74) is 8.27. The lowest BCUT2D eigenvalue weighted by Gasteiger charge is -2.10. The smallest absolute Gasteiger partial charge is 0.182 e. The Hall–Kier alpha value is -2.48. The van der Waals surface area contributed by atoms with Crippen LogP contribution in [-0.4, -0.2) is 16.2 Å². The van der Waals surface area contributed by atoms with Gasteiger partial charge in [-0.2, -0.15) is 5.26 Å². The van der Waals surface area contributed by atoms with Gasteiger partial charge in [-0.15, -0.1) is 0 Å². The zero-order valence-corrected chi connectivity index (χ0v) is 11.1. The standard InChI is InChI=1S/C14H16N4O/c1-3-19-13-5-4-11(6-10(13)2)8-18-9-17-12(7-15)14(18)16/h4-6,9H,3,8,16H2,1-2H3. The maximum Gasteiger partial charge on any atom is 0.182 e. The summed E-state index contributed by atoms with van der Waals surface area (Å²) >= 11 is 0. The Kier molecular flexibility index (Phi) is 3.71. The van der Waals surface area contributed by atoms with E-state index in [1.165, 1.54) is 0 Å². The van der Waals surface area contributed by atoms with Crippen molar-refractivity contribution in [3.05, 3.63) is 41.3 Å². The van der Waals surface area contributed by atoms with Crippen LogP contribution < -0.4 is 10.5 Å². The summed E-state index contributed by atoms with van der Waals surface area (Å²) in [6, 6.07) is 7.95. The highest BCUT2D eigenvalue weighted by molar-refractivity contribution is 5.45. The molecule has 0 saturated heterocycles. The third-order valence-electron chi connectivity index (χ3n) is 2.88. The average molecular weight is 256 g/mol.